The van der Waals surface area contributed by atoms with Gasteiger partial charge >= 0.3 is 0 Å². The summed E-state index contributed by atoms with van der Waals surface area (Å²) in [5, 5.41) is 6.12. The standard InChI is InChI=1S/C22H23N3O2/c1-16(2)24-19-12-13-23-21(14-19)22(26)25-18-8-10-20(11-9-18)27-15-17-6-4-3-5-7-17/h3-14,16H,15H2,1-2H3,(H,23,24)(H,25,26). The highest BCUT2D eigenvalue weighted by Gasteiger charge is 2.09. The summed E-state index contributed by atoms with van der Waals surface area (Å²) in [4.78, 5) is 16.6. The van der Waals surface area contributed by atoms with Gasteiger partial charge in [-0.1, -0.05) is 30.3 Å². The van der Waals surface area contributed by atoms with Crippen LogP contribution in [0.5, 0.6) is 5.75 Å². The Morgan fingerprint density at radius 3 is 2.44 bits per heavy atom. The molecule has 5 nitrogen and oxygen atoms in total. The number of carbonyl (C=O) groups excluding carboxylic acids is 1. The van der Waals surface area contributed by atoms with Crippen molar-refractivity contribution in [3.8, 4) is 5.75 Å². The van der Waals surface area contributed by atoms with Gasteiger partial charge in [-0.3, -0.25) is 9.78 Å². The van der Waals surface area contributed by atoms with E-state index in [0.717, 1.165) is 17.0 Å². The smallest absolute Gasteiger partial charge is 0.274 e. The summed E-state index contributed by atoms with van der Waals surface area (Å²) in [5.74, 6) is 0.499. The van der Waals surface area contributed by atoms with Gasteiger partial charge in [0.15, 0.2) is 0 Å². The molecule has 138 valence electrons. The van der Waals surface area contributed by atoms with Crippen LogP contribution in [-0.4, -0.2) is 16.9 Å². The van der Waals surface area contributed by atoms with Crippen LogP contribution in [0.2, 0.25) is 0 Å². The van der Waals surface area contributed by atoms with E-state index in [2.05, 4.69) is 15.6 Å². The number of carbonyl (C=O) groups is 1. The molecule has 0 aliphatic carbocycles. The number of benzene rings is 2. The fourth-order valence-corrected chi connectivity index (χ4v) is 2.55. The second-order valence-electron chi connectivity index (χ2n) is 6.48. The molecule has 1 aromatic heterocycles. The lowest BCUT2D eigenvalue weighted by Crippen LogP contribution is -2.15. The highest BCUT2D eigenvalue weighted by atomic mass is 16.5. The quantitative estimate of drug-likeness (QED) is 0.638. The van der Waals surface area contributed by atoms with E-state index in [1.54, 1.807) is 12.3 Å². The Balaban J connectivity index is 1.58. The Morgan fingerprint density at radius 2 is 1.74 bits per heavy atom. The largest absolute Gasteiger partial charge is 0.489 e. The van der Waals surface area contributed by atoms with Crippen LogP contribution in [0, 0.1) is 0 Å². The van der Waals surface area contributed by atoms with E-state index in [9.17, 15) is 4.79 Å². The van der Waals surface area contributed by atoms with E-state index in [4.69, 9.17) is 4.74 Å². The number of hydrogen-bond donors (Lipinski definition) is 2. The molecule has 1 amide bonds. The van der Waals surface area contributed by atoms with Crippen molar-refractivity contribution >= 4 is 17.3 Å². The highest BCUT2D eigenvalue weighted by molar-refractivity contribution is 6.03. The van der Waals surface area contributed by atoms with E-state index in [-0.39, 0.29) is 11.9 Å². The second kappa shape index (κ2) is 8.85. The molecule has 2 aromatic carbocycles. The van der Waals surface area contributed by atoms with Gasteiger partial charge in [0.05, 0.1) is 0 Å². The van der Waals surface area contributed by atoms with Crippen LogP contribution >= 0.6 is 0 Å². The fraction of sp³-hybridized carbons (Fsp3) is 0.182. The van der Waals surface area contributed by atoms with Crippen molar-refractivity contribution in [2.75, 3.05) is 10.6 Å². The Kier molecular flexibility index (Phi) is 6.05. The number of anilines is 2. The number of nitrogens with one attached hydrogen (secondary N) is 2. The summed E-state index contributed by atoms with van der Waals surface area (Å²) in [6, 6.07) is 21.1. The van der Waals surface area contributed by atoms with Crippen LogP contribution in [0.15, 0.2) is 72.9 Å². The van der Waals surface area contributed by atoms with Crippen molar-refractivity contribution in [3.63, 3.8) is 0 Å². The SMILES string of the molecule is CC(C)Nc1ccnc(C(=O)Nc2ccc(OCc3ccccc3)cc2)c1. The van der Waals surface area contributed by atoms with E-state index in [1.165, 1.54) is 0 Å². The molecule has 0 atom stereocenters. The van der Waals surface area contributed by atoms with Crippen molar-refractivity contribution < 1.29 is 9.53 Å². The first-order valence-electron chi connectivity index (χ1n) is 8.91. The first kappa shape index (κ1) is 18.5. The van der Waals surface area contributed by atoms with Gasteiger partial charge in [-0.25, -0.2) is 0 Å². The molecule has 0 saturated carbocycles. The molecule has 0 aliphatic rings. The lowest BCUT2D eigenvalue weighted by atomic mass is 10.2. The monoisotopic (exact) mass is 361 g/mol. The maximum Gasteiger partial charge on any atom is 0.274 e. The van der Waals surface area contributed by atoms with E-state index in [1.807, 2.05) is 74.5 Å². The molecule has 0 bridgehead atoms. The molecule has 0 spiro atoms. The summed E-state index contributed by atoms with van der Waals surface area (Å²) in [5.41, 5.74) is 3.03. The van der Waals surface area contributed by atoms with Gasteiger partial charge in [0, 0.05) is 23.6 Å². The fourth-order valence-electron chi connectivity index (χ4n) is 2.55. The summed E-state index contributed by atoms with van der Waals surface area (Å²) >= 11 is 0. The molecule has 0 radical (unpaired) electrons. The Morgan fingerprint density at radius 1 is 1.00 bits per heavy atom. The maximum absolute atomic E-state index is 12.4. The summed E-state index contributed by atoms with van der Waals surface area (Å²) < 4.78 is 5.76. The van der Waals surface area contributed by atoms with E-state index < -0.39 is 0 Å². The van der Waals surface area contributed by atoms with Crippen LogP contribution in [0.1, 0.15) is 29.9 Å². The van der Waals surface area contributed by atoms with Crippen LogP contribution in [0.3, 0.4) is 0 Å². The molecule has 0 unspecified atom stereocenters. The molecular weight excluding hydrogens is 338 g/mol. The minimum atomic E-state index is -0.250. The third kappa shape index (κ3) is 5.57. The normalized spacial score (nSPS) is 10.5. The zero-order valence-corrected chi connectivity index (χ0v) is 15.5. The third-order valence-corrected chi connectivity index (χ3v) is 3.81. The first-order valence-corrected chi connectivity index (χ1v) is 8.91. The molecule has 0 aliphatic heterocycles. The van der Waals surface area contributed by atoms with Crippen molar-refractivity contribution in [3.05, 3.63) is 84.2 Å². The average Bonchev–Trinajstić information content (AvgIpc) is 2.68. The minimum absolute atomic E-state index is 0.250. The van der Waals surface area contributed by atoms with Crippen molar-refractivity contribution in [2.45, 2.75) is 26.5 Å². The van der Waals surface area contributed by atoms with Crippen molar-refractivity contribution in [1.82, 2.24) is 4.98 Å². The van der Waals surface area contributed by atoms with E-state index in [0.29, 0.717) is 18.0 Å². The topological polar surface area (TPSA) is 63.2 Å². The number of pyridine rings is 1. The summed E-state index contributed by atoms with van der Waals surface area (Å²) in [6.45, 7) is 4.59. The zero-order chi connectivity index (χ0) is 19.1. The number of rotatable bonds is 7. The lowest BCUT2D eigenvalue weighted by molar-refractivity contribution is 0.102. The van der Waals surface area contributed by atoms with Crippen LogP contribution < -0.4 is 15.4 Å². The number of ether oxygens (including phenoxy) is 1. The van der Waals surface area contributed by atoms with E-state index >= 15 is 0 Å². The molecule has 1 heterocycles. The van der Waals surface area contributed by atoms with Crippen molar-refractivity contribution in [1.29, 1.82) is 0 Å². The van der Waals surface area contributed by atoms with Gasteiger partial charge in [-0.05, 0) is 55.8 Å². The van der Waals surface area contributed by atoms with Crippen LogP contribution in [-0.2, 0) is 6.61 Å². The molecule has 0 saturated heterocycles. The Hall–Kier alpha value is -3.34. The number of hydrogen-bond acceptors (Lipinski definition) is 4. The molecular formula is C22H23N3O2. The Labute approximate surface area is 159 Å². The molecule has 2 N–H and O–H groups in total. The van der Waals surface area contributed by atoms with Crippen molar-refractivity contribution in [2.24, 2.45) is 0 Å². The van der Waals surface area contributed by atoms with Gasteiger partial charge in [0.25, 0.3) is 5.91 Å². The summed E-state index contributed by atoms with van der Waals surface area (Å²) in [6.07, 6.45) is 1.63. The molecule has 27 heavy (non-hydrogen) atoms. The molecule has 0 fully saturated rings. The predicted octanol–water partition coefficient (Wildman–Crippen LogP) is 4.73. The third-order valence-electron chi connectivity index (χ3n) is 3.81. The van der Waals surface area contributed by atoms with Gasteiger partial charge < -0.3 is 15.4 Å². The van der Waals surface area contributed by atoms with Gasteiger partial charge in [0.1, 0.15) is 18.1 Å². The zero-order valence-electron chi connectivity index (χ0n) is 15.5. The molecule has 5 heteroatoms. The molecule has 3 rings (SSSR count). The van der Waals surface area contributed by atoms with Gasteiger partial charge in [-0.2, -0.15) is 0 Å². The lowest BCUT2D eigenvalue weighted by Gasteiger charge is -2.11. The van der Waals surface area contributed by atoms with Gasteiger partial charge in [0.2, 0.25) is 0 Å². The van der Waals surface area contributed by atoms with Gasteiger partial charge in [-0.15, -0.1) is 0 Å². The highest BCUT2D eigenvalue weighted by Crippen LogP contribution is 2.18. The minimum Gasteiger partial charge on any atom is -0.489 e. The number of nitrogens with zero attached hydrogens (tertiary/aromatic N) is 1. The summed E-state index contributed by atoms with van der Waals surface area (Å²) in [7, 11) is 0. The second-order valence-corrected chi connectivity index (χ2v) is 6.48. The van der Waals surface area contributed by atoms with Crippen LogP contribution in [0.25, 0.3) is 0 Å². The average molecular weight is 361 g/mol. The maximum atomic E-state index is 12.4. The van der Waals surface area contributed by atoms with Crippen LogP contribution in [0.4, 0.5) is 11.4 Å². The molecule has 3 aromatic rings. The number of amides is 1. The predicted molar refractivity (Wildman–Crippen MR) is 108 cm³/mol. The number of aromatic nitrogens is 1. The Bertz CT molecular complexity index is 878. The first-order chi connectivity index (χ1) is 13.1.